The molecule has 0 spiro atoms. The summed E-state index contributed by atoms with van der Waals surface area (Å²) < 4.78 is 0. The molecule has 2 nitrogen and oxygen atoms in total. The van der Waals surface area contributed by atoms with Crippen molar-refractivity contribution in [2.24, 2.45) is 29.1 Å². The van der Waals surface area contributed by atoms with Gasteiger partial charge in [-0.25, -0.2) is 0 Å². The summed E-state index contributed by atoms with van der Waals surface area (Å²) in [5.41, 5.74) is 0.370. The van der Waals surface area contributed by atoms with Gasteiger partial charge in [0.2, 0.25) is 0 Å². The number of nitrogens with zero attached hydrogens (tertiary/aromatic N) is 1. The molecule has 3 fully saturated rings. The van der Waals surface area contributed by atoms with E-state index in [-0.39, 0.29) is 0 Å². The third-order valence-electron chi connectivity index (χ3n) is 6.17. The minimum atomic E-state index is 0.370. The molecule has 0 amide bonds. The van der Waals surface area contributed by atoms with Gasteiger partial charge >= 0.3 is 0 Å². The van der Waals surface area contributed by atoms with E-state index in [1.165, 1.54) is 45.3 Å². The van der Waals surface area contributed by atoms with Crippen molar-refractivity contribution in [3.63, 3.8) is 0 Å². The third-order valence-corrected chi connectivity index (χ3v) is 6.17. The number of hydrogen-bond acceptors (Lipinski definition) is 2. The number of piperazine rings is 1. The molecule has 2 saturated carbocycles. The van der Waals surface area contributed by atoms with Crippen LogP contribution >= 0.6 is 0 Å². The minimum Gasteiger partial charge on any atom is -0.311 e. The van der Waals surface area contributed by atoms with Crippen LogP contribution in [-0.2, 0) is 0 Å². The smallest absolute Gasteiger partial charge is 0.0244 e. The molecular weight excluding hydrogens is 256 g/mol. The van der Waals surface area contributed by atoms with Crippen LogP contribution in [0.4, 0.5) is 0 Å². The van der Waals surface area contributed by atoms with Gasteiger partial charge in [0.15, 0.2) is 0 Å². The molecule has 0 radical (unpaired) electrons. The summed E-state index contributed by atoms with van der Waals surface area (Å²) in [6, 6.07) is 1.38. The van der Waals surface area contributed by atoms with E-state index in [4.69, 9.17) is 0 Å². The molecule has 2 atom stereocenters. The zero-order valence-electron chi connectivity index (χ0n) is 14.9. The zero-order chi connectivity index (χ0) is 15.2. The van der Waals surface area contributed by atoms with Gasteiger partial charge in [0, 0.05) is 31.7 Å². The van der Waals surface area contributed by atoms with Gasteiger partial charge in [0.25, 0.3) is 0 Å². The predicted octanol–water partition coefficient (Wildman–Crippen LogP) is 3.77. The first kappa shape index (κ1) is 15.8. The largest absolute Gasteiger partial charge is 0.311 e. The van der Waals surface area contributed by atoms with Crippen LogP contribution in [0.1, 0.15) is 60.3 Å². The Hall–Kier alpha value is -0.0800. The minimum absolute atomic E-state index is 0.370. The Morgan fingerprint density at radius 1 is 1.05 bits per heavy atom. The Kier molecular flexibility index (Phi) is 4.40. The lowest BCUT2D eigenvalue weighted by Gasteiger charge is -2.47. The van der Waals surface area contributed by atoms with Crippen molar-refractivity contribution in [2.45, 2.75) is 72.4 Å². The van der Waals surface area contributed by atoms with Gasteiger partial charge in [-0.3, -0.25) is 4.90 Å². The fraction of sp³-hybridized carbons (Fsp3) is 1.00. The van der Waals surface area contributed by atoms with Gasteiger partial charge in [-0.15, -0.1) is 0 Å². The van der Waals surface area contributed by atoms with Crippen LogP contribution in [0.5, 0.6) is 0 Å². The lowest BCUT2D eigenvalue weighted by atomic mass is 9.83. The Bertz CT molecular complexity index is 337. The summed E-state index contributed by atoms with van der Waals surface area (Å²) >= 11 is 0. The summed E-state index contributed by atoms with van der Waals surface area (Å²) in [4.78, 5) is 2.87. The van der Waals surface area contributed by atoms with Crippen LogP contribution in [0, 0.1) is 29.1 Å². The average Bonchev–Trinajstić information content (AvgIpc) is 3.26. The first-order valence-electron chi connectivity index (χ1n) is 9.33. The number of rotatable bonds is 5. The van der Waals surface area contributed by atoms with Crippen LogP contribution in [0.2, 0.25) is 0 Å². The van der Waals surface area contributed by atoms with E-state index >= 15 is 0 Å². The number of nitrogens with one attached hydrogen (secondary N) is 1. The first-order valence-corrected chi connectivity index (χ1v) is 9.33. The summed E-state index contributed by atoms with van der Waals surface area (Å²) in [6.45, 7) is 15.8. The molecule has 2 unspecified atom stereocenters. The molecule has 1 N–H and O–H groups in total. The van der Waals surface area contributed by atoms with Gasteiger partial charge < -0.3 is 5.32 Å². The molecule has 21 heavy (non-hydrogen) atoms. The van der Waals surface area contributed by atoms with E-state index in [0.29, 0.717) is 11.5 Å². The van der Waals surface area contributed by atoms with E-state index in [1.807, 2.05) is 0 Å². The highest BCUT2D eigenvalue weighted by atomic mass is 15.2. The molecule has 1 heterocycles. The third kappa shape index (κ3) is 3.82. The Morgan fingerprint density at radius 3 is 2.05 bits per heavy atom. The summed E-state index contributed by atoms with van der Waals surface area (Å²) in [6.07, 6.45) is 6.06. The maximum atomic E-state index is 3.84. The van der Waals surface area contributed by atoms with Crippen LogP contribution in [0.15, 0.2) is 0 Å². The Labute approximate surface area is 132 Å². The lowest BCUT2D eigenvalue weighted by molar-refractivity contribution is 0.0445. The van der Waals surface area contributed by atoms with Crippen molar-refractivity contribution in [3.05, 3.63) is 0 Å². The molecule has 0 aromatic carbocycles. The first-order chi connectivity index (χ1) is 9.86. The molecule has 0 aromatic heterocycles. The van der Waals surface area contributed by atoms with Crippen molar-refractivity contribution in [1.82, 2.24) is 10.2 Å². The van der Waals surface area contributed by atoms with E-state index in [0.717, 1.165) is 29.7 Å². The summed E-state index contributed by atoms with van der Waals surface area (Å²) in [7, 11) is 0. The van der Waals surface area contributed by atoms with E-state index in [2.05, 4.69) is 44.8 Å². The molecule has 2 aliphatic carbocycles. The number of hydrogen-bond donors (Lipinski definition) is 1. The highest BCUT2D eigenvalue weighted by Gasteiger charge is 2.44. The molecule has 0 bridgehead atoms. The summed E-state index contributed by atoms with van der Waals surface area (Å²) in [5, 5.41) is 3.84. The van der Waals surface area contributed by atoms with E-state index < -0.39 is 0 Å². The maximum absolute atomic E-state index is 3.84. The molecule has 1 saturated heterocycles. The van der Waals surface area contributed by atoms with Crippen LogP contribution < -0.4 is 5.32 Å². The molecular formula is C19H36N2. The topological polar surface area (TPSA) is 15.3 Å². The van der Waals surface area contributed by atoms with Gasteiger partial charge in [0.1, 0.15) is 0 Å². The second-order valence-electron chi connectivity index (χ2n) is 9.43. The predicted molar refractivity (Wildman–Crippen MR) is 90.4 cm³/mol. The molecule has 2 heteroatoms. The highest BCUT2D eigenvalue weighted by Crippen LogP contribution is 2.49. The normalized spacial score (nSPS) is 32.1. The van der Waals surface area contributed by atoms with Gasteiger partial charge in [-0.2, -0.15) is 0 Å². The highest BCUT2D eigenvalue weighted by molar-refractivity contribution is 4.98. The van der Waals surface area contributed by atoms with Crippen LogP contribution in [0.3, 0.4) is 0 Å². The van der Waals surface area contributed by atoms with Crippen LogP contribution in [-0.4, -0.2) is 36.6 Å². The average molecular weight is 293 g/mol. The van der Waals surface area contributed by atoms with Gasteiger partial charge in [0.05, 0.1) is 0 Å². The molecule has 3 rings (SSSR count). The second kappa shape index (κ2) is 5.85. The molecule has 122 valence electrons. The second-order valence-corrected chi connectivity index (χ2v) is 9.43. The molecule has 3 aliphatic rings. The van der Waals surface area contributed by atoms with Gasteiger partial charge in [-0.1, -0.05) is 34.6 Å². The fourth-order valence-electron chi connectivity index (χ4n) is 4.28. The Morgan fingerprint density at radius 2 is 1.62 bits per heavy atom. The fourth-order valence-corrected chi connectivity index (χ4v) is 4.28. The zero-order valence-corrected chi connectivity index (χ0v) is 14.9. The SMILES string of the molecule is CC(C)C1CNC(C(C)(C)C)CN1CC(C1CC1)C1CC1. The molecule has 0 aromatic rings. The van der Waals surface area contributed by atoms with E-state index in [9.17, 15) is 0 Å². The van der Waals surface area contributed by atoms with Crippen molar-refractivity contribution < 1.29 is 0 Å². The van der Waals surface area contributed by atoms with Crippen molar-refractivity contribution in [2.75, 3.05) is 19.6 Å². The quantitative estimate of drug-likeness (QED) is 0.830. The molecule has 1 aliphatic heterocycles. The Balaban J connectivity index is 1.67. The van der Waals surface area contributed by atoms with E-state index in [1.54, 1.807) is 0 Å². The standard InChI is InChI=1S/C19H36N2/c1-13(2)17-10-20-18(19(3,4)5)12-21(17)11-16(14-6-7-14)15-8-9-15/h13-18,20H,6-12H2,1-5H3. The van der Waals surface area contributed by atoms with Crippen molar-refractivity contribution in [1.29, 1.82) is 0 Å². The van der Waals surface area contributed by atoms with Gasteiger partial charge in [-0.05, 0) is 54.8 Å². The monoisotopic (exact) mass is 292 g/mol. The maximum Gasteiger partial charge on any atom is 0.0244 e. The van der Waals surface area contributed by atoms with Crippen LogP contribution in [0.25, 0.3) is 0 Å². The van der Waals surface area contributed by atoms with Crippen molar-refractivity contribution >= 4 is 0 Å². The van der Waals surface area contributed by atoms with Crippen molar-refractivity contribution in [3.8, 4) is 0 Å². The lowest BCUT2D eigenvalue weighted by Crippen LogP contribution is -2.62. The summed E-state index contributed by atoms with van der Waals surface area (Å²) in [5.74, 6) is 3.93.